The van der Waals surface area contributed by atoms with E-state index in [4.69, 9.17) is 0 Å². The van der Waals surface area contributed by atoms with Crippen LogP contribution in [-0.2, 0) is 0 Å². The number of hydrogen-bond acceptors (Lipinski definition) is 4. The second-order valence-electron chi connectivity index (χ2n) is 3.90. The molecule has 0 amide bonds. The summed E-state index contributed by atoms with van der Waals surface area (Å²) in [6, 6.07) is 1.20. The Kier molecular flexibility index (Phi) is 1.95. The third-order valence-electron chi connectivity index (χ3n) is 3.11. The molecule has 5 heteroatoms. The molecular formula is C9H11BrN4. The summed E-state index contributed by atoms with van der Waals surface area (Å²) in [5.74, 6) is 1.69. The molecule has 2 bridgehead atoms. The quantitative estimate of drug-likeness (QED) is 0.828. The second kappa shape index (κ2) is 3.17. The van der Waals surface area contributed by atoms with Crippen molar-refractivity contribution in [3.05, 3.63) is 17.0 Å². The van der Waals surface area contributed by atoms with Crippen LogP contribution in [0.25, 0.3) is 0 Å². The molecule has 3 atom stereocenters. The third-order valence-corrected chi connectivity index (χ3v) is 3.69. The first-order chi connectivity index (χ1) is 6.84. The van der Waals surface area contributed by atoms with Gasteiger partial charge in [-0.3, -0.25) is 0 Å². The highest BCUT2D eigenvalue weighted by Gasteiger charge is 2.46. The van der Waals surface area contributed by atoms with Crippen molar-refractivity contribution in [2.75, 3.05) is 11.9 Å². The van der Waals surface area contributed by atoms with E-state index in [1.165, 1.54) is 6.42 Å². The molecule has 3 aliphatic rings. The Morgan fingerprint density at radius 3 is 3.14 bits per heavy atom. The molecular weight excluding hydrogens is 244 g/mol. The lowest BCUT2D eigenvalue weighted by Gasteiger charge is -2.35. The van der Waals surface area contributed by atoms with Crippen molar-refractivity contribution in [1.82, 2.24) is 15.3 Å². The lowest BCUT2D eigenvalue weighted by atomic mass is 9.80. The molecule has 3 fully saturated rings. The van der Waals surface area contributed by atoms with Crippen molar-refractivity contribution < 1.29 is 0 Å². The van der Waals surface area contributed by atoms with Crippen LogP contribution in [0.2, 0.25) is 0 Å². The van der Waals surface area contributed by atoms with E-state index in [9.17, 15) is 0 Å². The lowest BCUT2D eigenvalue weighted by molar-refractivity contribution is 0.326. The van der Waals surface area contributed by atoms with Gasteiger partial charge in [0.05, 0.1) is 4.47 Å². The Morgan fingerprint density at radius 1 is 1.57 bits per heavy atom. The van der Waals surface area contributed by atoms with E-state index in [0.29, 0.717) is 12.1 Å². The molecule has 1 aromatic rings. The topological polar surface area (TPSA) is 49.8 Å². The van der Waals surface area contributed by atoms with Gasteiger partial charge in [0.2, 0.25) is 0 Å². The van der Waals surface area contributed by atoms with Crippen LogP contribution in [-0.4, -0.2) is 28.6 Å². The summed E-state index contributed by atoms with van der Waals surface area (Å²) >= 11 is 3.43. The summed E-state index contributed by atoms with van der Waals surface area (Å²) in [5.41, 5.74) is 0. The molecule has 1 aliphatic carbocycles. The number of hydrogen-bond donors (Lipinski definition) is 2. The molecule has 0 radical (unpaired) electrons. The summed E-state index contributed by atoms with van der Waals surface area (Å²) in [7, 11) is 0. The van der Waals surface area contributed by atoms with Crippen molar-refractivity contribution in [3.63, 3.8) is 0 Å². The zero-order chi connectivity index (χ0) is 9.54. The molecule has 2 aliphatic heterocycles. The van der Waals surface area contributed by atoms with Gasteiger partial charge in [0.25, 0.3) is 0 Å². The number of aromatic nitrogens is 2. The Morgan fingerprint density at radius 2 is 2.50 bits per heavy atom. The Labute approximate surface area is 90.7 Å². The zero-order valence-electron chi connectivity index (χ0n) is 7.57. The molecule has 3 unspecified atom stereocenters. The predicted molar refractivity (Wildman–Crippen MR) is 57.0 cm³/mol. The van der Waals surface area contributed by atoms with Crippen LogP contribution in [0.15, 0.2) is 17.0 Å². The van der Waals surface area contributed by atoms with Gasteiger partial charge in [-0.05, 0) is 28.3 Å². The van der Waals surface area contributed by atoms with E-state index in [1.54, 1.807) is 12.5 Å². The van der Waals surface area contributed by atoms with Crippen LogP contribution in [0, 0.1) is 5.92 Å². The second-order valence-corrected chi connectivity index (χ2v) is 4.75. The minimum Gasteiger partial charge on any atom is -0.364 e. The van der Waals surface area contributed by atoms with Crippen molar-refractivity contribution in [2.45, 2.75) is 18.5 Å². The van der Waals surface area contributed by atoms with E-state index < -0.39 is 0 Å². The first-order valence-corrected chi connectivity index (χ1v) is 5.59. The zero-order valence-corrected chi connectivity index (χ0v) is 9.16. The Hall–Kier alpha value is -0.680. The van der Waals surface area contributed by atoms with Gasteiger partial charge in [0, 0.05) is 24.8 Å². The largest absolute Gasteiger partial charge is 0.364 e. The summed E-state index contributed by atoms with van der Waals surface area (Å²) in [6.07, 6.45) is 4.64. The molecule has 3 heterocycles. The smallest absolute Gasteiger partial charge is 0.144 e. The van der Waals surface area contributed by atoms with Gasteiger partial charge in [-0.1, -0.05) is 0 Å². The number of nitrogens with one attached hydrogen (secondary N) is 2. The van der Waals surface area contributed by atoms with Gasteiger partial charge in [-0.15, -0.1) is 0 Å². The van der Waals surface area contributed by atoms with Gasteiger partial charge in [0.1, 0.15) is 12.1 Å². The van der Waals surface area contributed by atoms with Crippen molar-refractivity contribution >= 4 is 21.7 Å². The molecule has 1 aromatic heterocycles. The highest BCUT2D eigenvalue weighted by molar-refractivity contribution is 9.10. The fourth-order valence-electron chi connectivity index (χ4n) is 2.27. The molecule has 4 rings (SSSR count). The van der Waals surface area contributed by atoms with Gasteiger partial charge in [0.15, 0.2) is 0 Å². The molecule has 0 aromatic carbocycles. The van der Waals surface area contributed by atoms with E-state index in [-0.39, 0.29) is 0 Å². The molecule has 14 heavy (non-hydrogen) atoms. The number of rotatable bonds is 2. The normalized spacial score (nSPS) is 33.9. The van der Waals surface area contributed by atoms with Gasteiger partial charge >= 0.3 is 0 Å². The van der Waals surface area contributed by atoms with Gasteiger partial charge < -0.3 is 10.6 Å². The number of halogens is 1. The average Bonchev–Trinajstić information content (AvgIpc) is 2.78. The molecule has 0 spiro atoms. The van der Waals surface area contributed by atoms with Crippen LogP contribution in [0.3, 0.4) is 0 Å². The first kappa shape index (κ1) is 8.61. The fraction of sp³-hybridized carbons (Fsp3) is 0.556. The maximum Gasteiger partial charge on any atom is 0.144 e. The van der Waals surface area contributed by atoms with Crippen LogP contribution < -0.4 is 10.6 Å². The van der Waals surface area contributed by atoms with Crippen molar-refractivity contribution in [3.8, 4) is 0 Å². The molecule has 74 valence electrons. The molecule has 2 N–H and O–H groups in total. The fourth-order valence-corrected chi connectivity index (χ4v) is 2.61. The summed E-state index contributed by atoms with van der Waals surface area (Å²) in [4.78, 5) is 8.14. The number of nitrogens with zero attached hydrogens (tertiary/aromatic N) is 2. The van der Waals surface area contributed by atoms with Crippen LogP contribution in [0.1, 0.15) is 6.42 Å². The summed E-state index contributed by atoms with van der Waals surface area (Å²) in [5, 5.41) is 6.91. The minimum atomic E-state index is 0.557. The van der Waals surface area contributed by atoms with Crippen LogP contribution in [0.4, 0.5) is 5.82 Å². The minimum absolute atomic E-state index is 0.557. The summed E-state index contributed by atoms with van der Waals surface area (Å²) in [6.45, 7) is 1.14. The monoisotopic (exact) mass is 254 g/mol. The van der Waals surface area contributed by atoms with E-state index in [0.717, 1.165) is 22.8 Å². The van der Waals surface area contributed by atoms with E-state index in [2.05, 4.69) is 36.5 Å². The standard InChI is InChI=1S/C9H11BrN4/c10-6-3-11-4-13-9(6)14-8-5-1-7(8)12-2-5/h3-5,7-8,12H,1-2H2,(H,11,13,14). The van der Waals surface area contributed by atoms with Crippen LogP contribution in [0.5, 0.6) is 0 Å². The highest BCUT2D eigenvalue weighted by atomic mass is 79.9. The van der Waals surface area contributed by atoms with Crippen molar-refractivity contribution in [1.29, 1.82) is 0 Å². The highest BCUT2D eigenvalue weighted by Crippen LogP contribution is 2.36. The Balaban J connectivity index is 1.76. The molecule has 4 nitrogen and oxygen atoms in total. The lowest BCUT2D eigenvalue weighted by Crippen LogP contribution is -2.47. The van der Waals surface area contributed by atoms with E-state index >= 15 is 0 Å². The van der Waals surface area contributed by atoms with Crippen LogP contribution >= 0.6 is 15.9 Å². The SMILES string of the molecule is Brc1cncnc1NC1C2CNC1C2. The molecule has 1 saturated carbocycles. The maximum atomic E-state index is 4.20. The average molecular weight is 255 g/mol. The predicted octanol–water partition coefficient (Wildman–Crippen LogP) is 1.01. The van der Waals surface area contributed by atoms with Gasteiger partial charge in [-0.2, -0.15) is 0 Å². The third kappa shape index (κ3) is 1.23. The maximum absolute atomic E-state index is 4.20. The first-order valence-electron chi connectivity index (χ1n) is 4.80. The van der Waals surface area contributed by atoms with E-state index in [1.807, 2.05) is 0 Å². The van der Waals surface area contributed by atoms with Crippen molar-refractivity contribution in [2.24, 2.45) is 5.92 Å². The van der Waals surface area contributed by atoms with Gasteiger partial charge in [-0.25, -0.2) is 9.97 Å². The number of anilines is 1. The molecule has 2 saturated heterocycles. The number of fused-ring (bicyclic) bond motifs is 1. The summed E-state index contributed by atoms with van der Waals surface area (Å²) < 4.78 is 0.936. The Bertz CT molecular complexity index is 342.